The minimum Gasteiger partial charge on any atom is -0.393 e. The molecule has 0 amide bonds. The molecule has 0 bridgehead atoms. The van der Waals surface area contributed by atoms with Crippen LogP contribution in [-0.2, 0) is 9.47 Å². The lowest BCUT2D eigenvalue weighted by Crippen LogP contribution is -2.30. The molecule has 2 aliphatic rings. The fourth-order valence-corrected chi connectivity index (χ4v) is 2.99. The van der Waals surface area contributed by atoms with Crippen molar-refractivity contribution in [2.45, 2.75) is 57.2 Å². The van der Waals surface area contributed by atoms with Crippen LogP contribution in [-0.4, -0.2) is 30.9 Å². The minimum atomic E-state index is 0.284. The van der Waals surface area contributed by atoms with Crippen molar-refractivity contribution in [1.29, 1.82) is 0 Å². The summed E-state index contributed by atoms with van der Waals surface area (Å²) in [5.41, 5.74) is 5.91. The smallest absolute Gasteiger partial charge is 0.0733 e. The largest absolute Gasteiger partial charge is 0.393 e. The van der Waals surface area contributed by atoms with Gasteiger partial charge in [0.15, 0.2) is 0 Å². The van der Waals surface area contributed by atoms with Crippen molar-refractivity contribution in [3.05, 3.63) is 0 Å². The van der Waals surface area contributed by atoms with E-state index in [0.717, 1.165) is 19.4 Å². The van der Waals surface area contributed by atoms with Crippen molar-refractivity contribution in [2.75, 3.05) is 13.7 Å². The molecule has 98 valence electrons. The van der Waals surface area contributed by atoms with Crippen molar-refractivity contribution in [3.63, 3.8) is 0 Å². The van der Waals surface area contributed by atoms with Crippen molar-refractivity contribution in [3.8, 4) is 0 Å². The van der Waals surface area contributed by atoms with Gasteiger partial charge >= 0.3 is 0 Å². The van der Waals surface area contributed by atoms with Gasteiger partial charge in [-0.05, 0) is 38.5 Å². The molecular weight excluding hydrogens is 234 g/mol. The first-order valence-electron chi connectivity index (χ1n) is 6.56. The summed E-state index contributed by atoms with van der Waals surface area (Å²) in [7, 11) is 1.79. The molecule has 2 fully saturated rings. The molecule has 2 aliphatic carbocycles. The Morgan fingerprint density at radius 2 is 2.06 bits per heavy atom. The van der Waals surface area contributed by atoms with Crippen LogP contribution in [0.25, 0.3) is 0 Å². The quantitative estimate of drug-likeness (QED) is 0.742. The van der Waals surface area contributed by atoms with Crippen LogP contribution >= 0.6 is 12.2 Å². The number of hydrogen-bond donors (Lipinski definition) is 1. The average Bonchev–Trinajstić information content (AvgIpc) is 3.06. The Morgan fingerprint density at radius 1 is 1.35 bits per heavy atom. The molecule has 2 N–H and O–H groups in total. The van der Waals surface area contributed by atoms with Gasteiger partial charge in [-0.15, -0.1) is 0 Å². The summed E-state index contributed by atoms with van der Waals surface area (Å²) in [5.74, 6) is 0. The molecule has 3 nitrogen and oxygen atoms in total. The molecule has 0 aromatic rings. The van der Waals surface area contributed by atoms with Crippen molar-refractivity contribution < 1.29 is 9.47 Å². The van der Waals surface area contributed by atoms with Crippen LogP contribution in [0.15, 0.2) is 0 Å². The second kappa shape index (κ2) is 5.63. The first-order chi connectivity index (χ1) is 8.13. The number of nitrogens with two attached hydrogens (primary N) is 1. The molecule has 0 spiro atoms. The maximum absolute atomic E-state index is 6.05. The second-order valence-electron chi connectivity index (χ2n) is 5.60. The highest BCUT2D eigenvalue weighted by atomic mass is 32.1. The SMILES string of the molecule is COC1CCCC(OCC2(CC(N)=S)CC2)C1. The summed E-state index contributed by atoms with van der Waals surface area (Å²) in [6.45, 7) is 0.825. The molecule has 0 radical (unpaired) electrons. The topological polar surface area (TPSA) is 44.5 Å². The highest BCUT2D eigenvalue weighted by Crippen LogP contribution is 2.49. The van der Waals surface area contributed by atoms with Gasteiger partial charge in [-0.2, -0.15) is 0 Å². The maximum atomic E-state index is 6.05. The van der Waals surface area contributed by atoms with E-state index in [1.807, 2.05) is 0 Å². The van der Waals surface area contributed by atoms with Gasteiger partial charge in [-0.3, -0.25) is 0 Å². The van der Waals surface area contributed by atoms with Crippen LogP contribution < -0.4 is 5.73 Å². The molecule has 2 saturated carbocycles. The predicted molar refractivity (Wildman–Crippen MR) is 72.1 cm³/mol. The third kappa shape index (κ3) is 3.90. The lowest BCUT2D eigenvalue weighted by Gasteiger charge is -2.29. The van der Waals surface area contributed by atoms with E-state index in [2.05, 4.69) is 0 Å². The van der Waals surface area contributed by atoms with Gasteiger partial charge < -0.3 is 15.2 Å². The van der Waals surface area contributed by atoms with Crippen LogP contribution in [0, 0.1) is 5.41 Å². The van der Waals surface area contributed by atoms with E-state index in [0.29, 0.717) is 17.2 Å². The third-order valence-electron chi connectivity index (χ3n) is 4.04. The Bertz CT molecular complexity index is 279. The molecule has 2 rings (SSSR count). The number of rotatable bonds is 6. The van der Waals surface area contributed by atoms with Crippen LogP contribution in [0.1, 0.15) is 44.9 Å². The zero-order valence-corrected chi connectivity index (χ0v) is 11.4. The molecular formula is C13H23NO2S. The zero-order chi connectivity index (χ0) is 12.3. The Labute approximate surface area is 109 Å². The van der Waals surface area contributed by atoms with Gasteiger partial charge in [0.25, 0.3) is 0 Å². The Morgan fingerprint density at radius 3 is 2.65 bits per heavy atom. The van der Waals surface area contributed by atoms with Gasteiger partial charge in [0.1, 0.15) is 0 Å². The van der Waals surface area contributed by atoms with E-state index in [-0.39, 0.29) is 5.41 Å². The third-order valence-corrected chi connectivity index (χ3v) is 4.19. The Kier molecular flexibility index (Phi) is 4.39. The number of thiocarbonyl (C=S) groups is 1. The van der Waals surface area contributed by atoms with Gasteiger partial charge in [-0.1, -0.05) is 12.2 Å². The van der Waals surface area contributed by atoms with E-state index in [1.54, 1.807) is 7.11 Å². The highest BCUT2D eigenvalue weighted by molar-refractivity contribution is 7.80. The average molecular weight is 257 g/mol. The summed E-state index contributed by atoms with van der Waals surface area (Å²) >= 11 is 4.99. The normalized spacial score (nSPS) is 31.1. The Balaban J connectivity index is 1.72. The van der Waals surface area contributed by atoms with E-state index in [1.165, 1.54) is 32.1 Å². The fraction of sp³-hybridized carbons (Fsp3) is 0.923. The van der Waals surface area contributed by atoms with E-state index in [4.69, 9.17) is 27.4 Å². The first kappa shape index (κ1) is 13.2. The van der Waals surface area contributed by atoms with Crippen LogP contribution in [0.4, 0.5) is 0 Å². The van der Waals surface area contributed by atoms with Gasteiger partial charge in [0, 0.05) is 18.9 Å². The lowest BCUT2D eigenvalue weighted by molar-refractivity contribution is -0.0426. The molecule has 4 heteroatoms. The summed E-state index contributed by atoms with van der Waals surface area (Å²) in [6.07, 6.45) is 8.64. The molecule has 2 unspecified atom stereocenters. The van der Waals surface area contributed by atoms with E-state index >= 15 is 0 Å². The maximum Gasteiger partial charge on any atom is 0.0733 e. The van der Waals surface area contributed by atoms with Gasteiger partial charge in [0.05, 0.1) is 23.8 Å². The highest BCUT2D eigenvalue weighted by Gasteiger charge is 2.43. The van der Waals surface area contributed by atoms with Crippen molar-refractivity contribution >= 4 is 17.2 Å². The molecule has 0 heterocycles. The number of methoxy groups -OCH3 is 1. The van der Waals surface area contributed by atoms with Crippen LogP contribution in [0.3, 0.4) is 0 Å². The molecule has 2 atom stereocenters. The summed E-state index contributed by atoms with van der Waals surface area (Å²) < 4.78 is 11.5. The standard InChI is InChI=1S/C13H23NO2S/c1-15-10-3-2-4-11(7-10)16-9-13(5-6-13)8-12(14)17/h10-11H,2-9H2,1H3,(H2,14,17). The van der Waals surface area contributed by atoms with Gasteiger partial charge in [0.2, 0.25) is 0 Å². The van der Waals surface area contributed by atoms with Crippen LogP contribution in [0.5, 0.6) is 0 Å². The zero-order valence-electron chi connectivity index (χ0n) is 10.6. The van der Waals surface area contributed by atoms with E-state index in [9.17, 15) is 0 Å². The van der Waals surface area contributed by atoms with Crippen molar-refractivity contribution in [1.82, 2.24) is 0 Å². The molecule has 0 aromatic carbocycles. The van der Waals surface area contributed by atoms with Crippen LogP contribution in [0.2, 0.25) is 0 Å². The summed E-state index contributed by atoms with van der Waals surface area (Å²) in [6, 6.07) is 0. The fourth-order valence-electron chi connectivity index (χ4n) is 2.68. The van der Waals surface area contributed by atoms with E-state index < -0.39 is 0 Å². The van der Waals surface area contributed by atoms with Crippen molar-refractivity contribution in [2.24, 2.45) is 11.1 Å². The minimum absolute atomic E-state index is 0.284. The summed E-state index contributed by atoms with van der Waals surface area (Å²) in [4.78, 5) is 0.629. The second-order valence-corrected chi connectivity index (χ2v) is 6.12. The first-order valence-corrected chi connectivity index (χ1v) is 6.97. The Hall–Kier alpha value is -0.190. The lowest BCUT2D eigenvalue weighted by atomic mass is 9.94. The molecule has 0 aliphatic heterocycles. The molecule has 17 heavy (non-hydrogen) atoms. The van der Waals surface area contributed by atoms with Gasteiger partial charge in [-0.25, -0.2) is 0 Å². The predicted octanol–water partition coefficient (Wildman–Crippen LogP) is 2.42. The molecule has 0 saturated heterocycles. The number of ether oxygens (including phenoxy) is 2. The number of hydrogen-bond acceptors (Lipinski definition) is 3. The monoisotopic (exact) mass is 257 g/mol. The molecule has 0 aromatic heterocycles. The summed E-state index contributed by atoms with van der Waals surface area (Å²) in [5, 5.41) is 0.